The monoisotopic (exact) mass is 347 g/mol. The smallest absolute Gasteiger partial charge is 0.308 e. The van der Waals surface area contributed by atoms with Crippen molar-refractivity contribution < 1.29 is 9.53 Å². The molecule has 3 aromatic rings. The van der Waals surface area contributed by atoms with Crippen LogP contribution in [0.2, 0.25) is 0 Å². The topological polar surface area (TPSA) is 55.3 Å². The highest BCUT2D eigenvalue weighted by Gasteiger charge is 2.26. The fourth-order valence-corrected chi connectivity index (χ4v) is 3.49. The van der Waals surface area contributed by atoms with E-state index in [0.29, 0.717) is 0 Å². The molecule has 132 valence electrons. The predicted octanol–water partition coefficient (Wildman–Crippen LogP) is 3.69. The molecule has 1 fully saturated rings. The fourth-order valence-electron chi connectivity index (χ4n) is 3.49. The third kappa shape index (κ3) is 3.25. The summed E-state index contributed by atoms with van der Waals surface area (Å²) in [7, 11) is 1.45. The SMILES string of the molecule is COC(=O)C1CCN(c2nccc(-c3ccc4ccccc4c3)n2)CC1. The first-order valence-electron chi connectivity index (χ1n) is 8.89. The average Bonchev–Trinajstić information content (AvgIpc) is 2.73. The Kier molecular flexibility index (Phi) is 4.52. The number of nitrogens with zero attached hydrogens (tertiary/aromatic N) is 3. The number of esters is 1. The van der Waals surface area contributed by atoms with E-state index in [4.69, 9.17) is 9.72 Å². The van der Waals surface area contributed by atoms with Crippen LogP contribution in [0.25, 0.3) is 22.0 Å². The minimum absolute atomic E-state index is 0.0140. The molecule has 0 unspecified atom stereocenters. The zero-order valence-corrected chi connectivity index (χ0v) is 14.8. The zero-order chi connectivity index (χ0) is 17.9. The van der Waals surface area contributed by atoms with Gasteiger partial charge in [0.2, 0.25) is 5.95 Å². The minimum atomic E-state index is -0.115. The summed E-state index contributed by atoms with van der Waals surface area (Å²) < 4.78 is 4.85. The molecule has 5 nitrogen and oxygen atoms in total. The van der Waals surface area contributed by atoms with Crippen molar-refractivity contribution in [2.24, 2.45) is 5.92 Å². The Morgan fingerprint density at radius 3 is 2.62 bits per heavy atom. The molecule has 2 heterocycles. The molecule has 1 aliphatic heterocycles. The molecule has 1 saturated heterocycles. The summed E-state index contributed by atoms with van der Waals surface area (Å²) in [6.45, 7) is 1.53. The molecule has 0 radical (unpaired) electrons. The van der Waals surface area contributed by atoms with Crippen LogP contribution >= 0.6 is 0 Å². The molecule has 0 spiro atoms. The Hall–Kier alpha value is -2.95. The Morgan fingerprint density at radius 1 is 1.08 bits per heavy atom. The molecule has 0 aliphatic carbocycles. The van der Waals surface area contributed by atoms with Gasteiger partial charge < -0.3 is 9.64 Å². The third-order valence-corrected chi connectivity index (χ3v) is 5.00. The maximum Gasteiger partial charge on any atom is 0.308 e. The Morgan fingerprint density at radius 2 is 1.85 bits per heavy atom. The molecule has 0 amide bonds. The lowest BCUT2D eigenvalue weighted by Crippen LogP contribution is -2.37. The molecular formula is C21H21N3O2. The summed E-state index contributed by atoms with van der Waals surface area (Å²) in [5.74, 6) is 0.592. The van der Waals surface area contributed by atoms with Crippen LogP contribution in [0.5, 0.6) is 0 Å². The van der Waals surface area contributed by atoms with Gasteiger partial charge in [-0.3, -0.25) is 4.79 Å². The van der Waals surface area contributed by atoms with Crippen molar-refractivity contribution >= 4 is 22.7 Å². The molecular weight excluding hydrogens is 326 g/mol. The van der Waals surface area contributed by atoms with Crippen LogP contribution in [-0.4, -0.2) is 36.1 Å². The van der Waals surface area contributed by atoms with Gasteiger partial charge in [0.1, 0.15) is 0 Å². The number of benzene rings is 2. The van der Waals surface area contributed by atoms with Crippen LogP contribution in [-0.2, 0) is 9.53 Å². The second kappa shape index (κ2) is 7.12. The first-order valence-corrected chi connectivity index (χ1v) is 8.89. The van der Waals surface area contributed by atoms with Crippen LogP contribution in [0.1, 0.15) is 12.8 Å². The molecule has 26 heavy (non-hydrogen) atoms. The molecule has 2 aromatic carbocycles. The van der Waals surface area contributed by atoms with E-state index in [1.165, 1.54) is 17.9 Å². The van der Waals surface area contributed by atoms with Gasteiger partial charge >= 0.3 is 5.97 Å². The normalized spacial score (nSPS) is 15.2. The van der Waals surface area contributed by atoms with Gasteiger partial charge in [-0.2, -0.15) is 0 Å². The number of piperidine rings is 1. The van der Waals surface area contributed by atoms with Crippen molar-refractivity contribution in [2.75, 3.05) is 25.1 Å². The molecule has 0 saturated carbocycles. The maximum atomic E-state index is 11.7. The Bertz CT molecular complexity index is 933. The van der Waals surface area contributed by atoms with Gasteiger partial charge in [-0.25, -0.2) is 9.97 Å². The highest BCUT2D eigenvalue weighted by molar-refractivity contribution is 5.86. The molecule has 0 atom stereocenters. The number of carbonyl (C=O) groups excluding carboxylic acids is 1. The Balaban J connectivity index is 1.56. The van der Waals surface area contributed by atoms with E-state index in [1.807, 2.05) is 18.2 Å². The van der Waals surface area contributed by atoms with E-state index < -0.39 is 0 Å². The van der Waals surface area contributed by atoms with Crippen molar-refractivity contribution in [2.45, 2.75) is 12.8 Å². The van der Waals surface area contributed by atoms with E-state index in [2.05, 4.69) is 40.2 Å². The zero-order valence-electron chi connectivity index (χ0n) is 14.8. The van der Waals surface area contributed by atoms with E-state index in [0.717, 1.165) is 43.1 Å². The number of fused-ring (bicyclic) bond motifs is 1. The number of ether oxygens (including phenoxy) is 1. The number of methoxy groups -OCH3 is 1. The molecule has 1 aromatic heterocycles. The van der Waals surface area contributed by atoms with Crippen molar-refractivity contribution in [1.29, 1.82) is 0 Å². The van der Waals surface area contributed by atoms with Crippen molar-refractivity contribution in [3.8, 4) is 11.3 Å². The summed E-state index contributed by atoms with van der Waals surface area (Å²) >= 11 is 0. The van der Waals surface area contributed by atoms with Gasteiger partial charge in [-0.15, -0.1) is 0 Å². The van der Waals surface area contributed by atoms with Crippen LogP contribution < -0.4 is 4.90 Å². The van der Waals surface area contributed by atoms with Gasteiger partial charge in [0.25, 0.3) is 0 Å². The minimum Gasteiger partial charge on any atom is -0.469 e. The highest BCUT2D eigenvalue weighted by Crippen LogP contribution is 2.26. The summed E-state index contributed by atoms with van der Waals surface area (Å²) in [5.41, 5.74) is 1.99. The quantitative estimate of drug-likeness (QED) is 0.677. The number of anilines is 1. The number of hydrogen-bond donors (Lipinski definition) is 0. The van der Waals surface area contributed by atoms with E-state index in [9.17, 15) is 4.79 Å². The third-order valence-electron chi connectivity index (χ3n) is 5.00. The second-order valence-electron chi connectivity index (χ2n) is 6.59. The molecule has 0 N–H and O–H groups in total. The van der Waals surface area contributed by atoms with Crippen molar-refractivity contribution in [3.05, 3.63) is 54.7 Å². The van der Waals surface area contributed by atoms with Gasteiger partial charge in [0.05, 0.1) is 18.7 Å². The first kappa shape index (κ1) is 16.5. The van der Waals surface area contributed by atoms with Gasteiger partial charge in [-0.05, 0) is 35.7 Å². The van der Waals surface area contributed by atoms with E-state index in [-0.39, 0.29) is 11.9 Å². The highest BCUT2D eigenvalue weighted by atomic mass is 16.5. The first-order chi connectivity index (χ1) is 12.7. The van der Waals surface area contributed by atoms with Crippen LogP contribution in [0.4, 0.5) is 5.95 Å². The fraction of sp³-hybridized carbons (Fsp3) is 0.286. The van der Waals surface area contributed by atoms with Gasteiger partial charge in [-0.1, -0.05) is 36.4 Å². The molecule has 0 bridgehead atoms. The number of aromatic nitrogens is 2. The van der Waals surface area contributed by atoms with E-state index in [1.54, 1.807) is 6.20 Å². The van der Waals surface area contributed by atoms with Crippen molar-refractivity contribution in [1.82, 2.24) is 9.97 Å². The lowest BCUT2D eigenvalue weighted by molar-refractivity contribution is -0.146. The molecule has 4 rings (SSSR count). The van der Waals surface area contributed by atoms with Crippen LogP contribution in [0, 0.1) is 5.92 Å². The van der Waals surface area contributed by atoms with Crippen LogP contribution in [0.15, 0.2) is 54.7 Å². The van der Waals surface area contributed by atoms with Gasteiger partial charge in [0.15, 0.2) is 0 Å². The summed E-state index contributed by atoms with van der Waals surface area (Å²) in [4.78, 5) is 23.0. The van der Waals surface area contributed by atoms with E-state index >= 15 is 0 Å². The number of carbonyl (C=O) groups is 1. The largest absolute Gasteiger partial charge is 0.469 e. The lowest BCUT2D eigenvalue weighted by atomic mass is 9.97. The number of rotatable bonds is 3. The average molecular weight is 347 g/mol. The maximum absolute atomic E-state index is 11.7. The molecule has 1 aliphatic rings. The molecule has 5 heteroatoms. The lowest BCUT2D eigenvalue weighted by Gasteiger charge is -2.30. The van der Waals surface area contributed by atoms with Crippen LogP contribution in [0.3, 0.4) is 0 Å². The van der Waals surface area contributed by atoms with Crippen molar-refractivity contribution in [3.63, 3.8) is 0 Å². The Labute approximate surface area is 152 Å². The second-order valence-corrected chi connectivity index (χ2v) is 6.59. The predicted molar refractivity (Wildman–Crippen MR) is 102 cm³/mol. The summed E-state index contributed by atoms with van der Waals surface area (Å²) in [6.07, 6.45) is 3.35. The standard InChI is InChI=1S/C21H21N3O2/c1-26-20(25)16-9-12-24(13-10-16)21-22-11-8-19(23-21)18-7-6-15-4-2-3-5-17(15)14-18/h2-8,11,14,16H,9-10,12-13H2,1H3. The summed E-state index contributed by atoms with van der Waals surface area (Å²) in [5, 5.41) is 2.42. The van der Waals surface area contributed by atoms with Gasteiger partial charge in [0, 0.05) is 24.8 Å². The number of hydrogen-bond acceptors (Lipinski definition) is 5. The summed E-state index contributed by atoms with van der Waals surface area (Å²) in [6, 6.07) is 16.6.